The minimum atomic E-state index is -1.38. The normalized spacial score (nSPS) is 18.2. The van der Waals surface area contributed by atoms with Gasteiger partial charge in [-0.2, -0.15) is 0 Å². The van der Waals surface area contributed by atoms with Crippen LogP contribution >= 0.6 is 0 Å². The molecule has 0 saturated carbocycles. The van der Waals surface area contributed by atoms with Crippen molar-refractivity contribution >= 4 is 17.7 Å². The molecule has 0 aliphatic carbocycles. The Morgan fingerprint density at radius 1 is 0.871 bits per heavy atom. The summed E-state index contributed by atoms with van der Waals surface area (Å²) in [6.45, 7) is -0.584. The summed E-state index contributed by atoms with van der Waals surface area (Å²) in [6, 6.07) is 20.0. The van der Waals surface area contributed by atoms with Crippen LogP contribution < -0.4 is 5.32 Å². The molecule has 3 aromatic rings. The van der Waals surface area contributed by atoms with Crippen LogP contribution in [-0.2, 0) is 16.8 Å². The molecule has 1 fully saturated rings. The number of rotatable bonds is 6. The van der Waals surface area contributed by atoms with E-state index in [1.807, 2.05) is 30.3 Å². The number of imide groups is 1. The maximum atomic E-state index is 13.5. The number of urea groups is 1. The highest BCUT2D eigenvalue weighted by atomic mass is 19.2. The SMILES string of the molecule is O=C(CN1C(=O)N[C@](Cc2ccccc2)(c2ccccc2)C1=O)c1ccc(F)c(F)c1. The first-order chi connectivity index (χ1) is 14.9. The summed E-state index contributed by atoms with van der Waals surface area (Å²) in [6.07, 6.45) is 0.193. The molecule has 31 heavy (non-hydrogen) atoms. The average molecular weight is 420 g/mol. The van der Waals surface area contributed by atoms with E-state index in [-0.39, 0.29) is 12.0 Å². The van der Waals surface area contributed by atoms with Gasteiger partial charge in [0.05, 0.1) is 6.54 Å². The quantitative estimate of drug-likeness (QED) is 0.487. The van der Waals surface area contributed by atoms with Gasteiger partial charge in [-0.3, -0.25) is 14.5 Å². The van der Waals surface area contributed by atoms with Crippen molar-refractivity contribution in [2.45, 2.75) is 12.0 Å². The minimum Gasteiger partial charge on any atom is -0.319 e. The number of hydrogen-bond acceptors (Lipinski definition) is 3. The molecule has 7 heteroatoms. The van der Waals surface area contributed by atoms with E-state index in [0.29, 0.717) is 5.56 Å². The van der Waals surface area contributed by atoms with Gasteiger partial charge in [0.2, 0.25) is 0 Å². The second kappa shape index (κ2) is 8.10. The first kappa shape index (κ1) is 20.4. The van der Waals surface area contributed by atoms with Crippen molar-refractivity contribution in [2.75, 3.05) is 6.54 Å². The Hall–Kier alpha value is -3.87. The second-order valence-corrected chi connectivity index (χ2v) is 7.31. The van der Waals surface area contributed by atoms with Gasteiger partial charge in [0.25, 0.3) is 5.91 Å². The highest BCUT2D eigenvalue weighted by molar-refractivity contribution is 6.11. The Morgan fingerprint density at radius 2 is 1.52 bits per heavy atom. The zero-order valence-corrected chi connectivity index (χ0v) is 16.3. The van der Waals surface area contributed by atoms with Crippen LogP contribution in [0.5, 0.6) is 0 Å². The second-order valence-electron chi connectivity index (χ2n) is 7.31. The van der Waals surface area contributed by atoms with Crippen molar-refractivity contribution in [3.63, 3.8) is 0 Å². The molecule has 1 aliphatic heterocycles. The number of halogens is 2. The summed E-state index contributed by atoms with van der Waals surface area (Å²) >= 11 is 0. The molecule has 1 aliphatic rings. The highest BCUT2D eigenvalue weighted by Gasteiger charge is 2.52. The average Bonchev–Trinajstić information content (AvgIpc) is 3.02. The lowest BCUT2D eigenvalue weighted by atomic mass is 9.83. The van der Waals surface area contributed by atoms with Crippen LogP contribution in [-0.4, -0.2) is 29.2 Å². The van der Waals surface area contributed by atoms with Crippen LogP contribution in [0.2, 0.25) is 0 Å². The van der Waals surface area contributed by atoms with Crippen LogP contribution in [0.4, 0.5) is 13.6 Å². The van der Waals surface area contributed by atoms with Crippen molar-refractivity contribution in [3.8, 4) is 0 Å². The van der Waals surface area contributed by atoms with Gasteiger partial charge in [0.1, 0.15) is 0 Å². The van der Waals surface area contributed by atoms with Gasteiger partial charge < -0.3 is 5.32 Å². The number of ketones is 1. The molecule has 1 heterocycles. The molecule has 1 saturated heterocycles. The third kappa shape index (κ3) is 3.82. The summed E-state index contributed by atoms with van der Waals surface area (Å²) in [4.78, 5) is 39.7. The van der Waals surface area contributed by atoms with E-state index >= 15 is 0 Å². The molecule has 156 valence electrons. The Morgan fingerprint density at radius 3 is 2.16 bits per heavy atom. The molecule has 3 aromatic carbocycles. The number of hydrogen-bond donors (Lipinski definition) is 1. The number of nitrogens with zero attached hydrogens (tertiary/aromatic N) is 1. The zero-order chi connectivity index (χ0) is 22.0. The Bertz CT molecular complexity index is 1150. The lowest BCUT2D eigenvalue weighted by Gasteiger charge is -2.27. The van der Waals surface area contributed by atoms with Gasteiger partial charge in [-0.25, -0.2) is 13.6 Å². The molecule has 4 rings (SSSR count). The third-order valence-corrected chi connectivity index (χ3v) is 5.30. The summed E-state index contributed by atoms with van der Waals surface area (Å²) in [7, 11) is 0. The van der Waals surface area contributed by atoms with Crippen molar-refractivity contribution < 1.29 is 23.2 Å². The first-order valence-corrected chi connectivity index (χ1v) is 9.62. The first-order valence-electron chi connectivity index (χ1n) is 9.62. The molecule has 5 nitrogen and oxygen atoms in total. The molecular formula is C24H18F2N2O3. The van der Waals surface area contributed by atoms with Gasteiger partial charge in [-0.1, -0.05) is 60.7 Å². The van der Waals surface area contributed by atoms with E-state index in [2.05, 4.69) is 5.32 Å². The fourth-order valence-corrected chi connectivity index (χ4v) is 3.72. The maximum Gasteiger partial charge on any atom is 0.325 e. The molecule has 1 N–H and O–H groups in total. The zero-order valence-electron chi connectivity index (χ0n) is 16.3. The largest absolute Gasteiger partial charge is 0.325 e. The molecule has 0 aromatic heterocycles. The monoisotopic (exact) mass is 420 g/mol. The van der Waals surface area contributed by atoms with Gasteiger partial charge in [0.15, 0.2) is 23.0 Å². The third-order valence-electron chi connectivity index (χ3n) is 5.30. The number of nitrogens with one attached hydrogen (secondary N) is 1. The summed E-state index contributed by atoms with van der Waals surface area (Å²) in [5, 5.41) is 2.76. The Balaban J connectivity index is 1.67. The van der Waals surface area contributed by atoms with Crippen molar-refractivity contribution in [1.82, 2.24) is 10.2 Å². The van der Waals surface area contributed by atoms with Gasteiger partial charge >= 0.3 is 6.03 Å². The van der Waals surface area contributed by atoms with Crippen LogP contribution in [0.3, 0.4) is 0 Å². The Kier molecular flexibility index (Phi) is 5.33. The molecule has 0 bridgehead atoms. The number of carbonyl (C=O) groups excluding carboxylic acids is 3. The smallest absolute Gasteiger partial charge is 0.319 e. The predicted molar refractivity (Wildman–Crippen MR) is 109 cm³/mol. The number of benzene rings is 3. The molecular weight excluding hydrogens is 402 g/mol. The van der Waals surface area contributed by atoms with Crippen LogP contribution in [0.15, 0.2) is 78.9 Å². The number of carbonyl (C=O) groups is 3. The van der Waals surface area contributed by atoms with Crippen LogP contribution in [0.25, 0.3) is 0 Å². The van der Waals surface area contributed by atoms with E-state index < -0.39 is 41.4 Å². The lowest BCUT2D eigenvalue weighted by Crippen LogP contribution is -2.46. The summed E-state index contributed by atoms with van der Waals surface area (Å²) in [5.41, 5.74) is -0.0952. The topological polar surface area (TPSA) is 66.5 Å². The highest BCUT2D eigenvalue weighted by Crippen LogP contribution is 2.33. The minimum absolute atomic E-state index is 0.125. The molecule has 0 spiro atoms. The predicted octanol–water partition coefficient (Wildman–Crippen LogP) is 3.84. The van der Waals surface area contributed by atoms with Gasteiger partial charge in [-0.15, -0.1) is 0 Å². The van der Waals surface area contributed by atoms with E-state index in [1.54, 1.807) is 30.3 Å². The fraction of sp³-hybridized carbons (Fsp3) is 0.125. The molecule has 3 amide bonds. The van der Waals surface area contributed by atoms with Crippen LogP contribution in [0.1, 0.15) is 21.5 Å². The van der Waals surface area contributed by atoms with E-state index in [1.165, 1.54) is 0 Å². The van der Waals surface area contributed by atoms with Crippen molar-refractivity contribution in [1.29, 1.82) is 0 Å². The van der Waals surface area contributed by atoms with Gasteiger partial charge in [-0.05, 0) is 29.3 Å². The number of amides is 3. The number of Topliss-reactive ketones (excluding diaryl/α,β-unsaturated/α-hetero) is 1. The molecule has 1 atom stereocenters. The van der Waals surface area contributed by atoms with E-state index in [0.717, 1.165) is 28.7 Å². The fourth-order valence-electron chi connectivity index (χ4n) is 3.72. The van der Waals surface area contributed by atoms with E-state index in [9.17, 15) is 23.2 Å². The Labute approximate surface area is 177 Å². The maximum absolute atomic E-state index is 13.5. The molecule has 0 radical (unpaired) electrons. The standard InChI is InChI=1S/C24H18F2N2O3/c25-19-12-11-17(13-20(19)26)21(29)15-28-22(30)24(27-23(28)31,18-9-5-2-6-10-18)14-16-7-3-1-4-8-16/h1-13H,14-15H2,(H,27,31)/t24-/m1/s1. The van der Waals surface area contributed by atoms with Gasteiger partial charge in [0, 0.05) is 12.0 Å². The van der Waals surface area contributed by atoms with Crippen molar-refractivity contribution in [3.05, 3.63) is 107 Å². The summed E-state index contributed by atoms with van der Waals surface area (Å²) < 4.78 is 26.7. The summed E-state index contributed by atoms with van der Waals surface area (Å²) in [5.74, 6) is -3.52. The van der Waals surface area contributed by atoms with Crippen molar-refractivity contribution in [2.24, 2.45) is 0 Å². The molecule has 0 unspecified atom stereocenters. The lowest BCUT2D eigenvalue weighted by molar-refractivity contribution is -0.131. The van der Waals surface area contributed by atoms with Crippen LogP contribution in [0, 0.1) is 11.6 Å². The van der Waals surface area contributed by atoms with E-state index in [4.69, 9.17) is 0 Å².